The topological polar surface area (TPSA) is 53.1 Å². The molecule has 0 fully saturated rings. The summed E-state index contributed by atoms with van der Waals surface area (Å²) >= 11 is 1.72. The van der Waals surface area contributed by atoms with Gasteiger partial charge in [-0.15, -0.1) is 0 Å². The number of fused-ring (bicyclic) bond motifs is 1. The van der Waals surface area contributed by atoms with Gasteiger partial charge in [-0.2, -0.15) is 11.3 Å². The molecule has 3 aromatic rings. The summed E-state index contributed by atoms with van der Waals surface area (Å²) in [5.74, 6) is 1.34. The van der Waals surface area contributed by atoms with Gasteiger partial charge in [0, 0.05) is 6.54 Å². The van der Waals surface area contributed by atoms with E-state index >= 15 is 0 Å². The Kier molecular flexibility index (Phi) is 3.60. The van der Waals surface area contributed by atoms with E-state index in [0.717, 1.165) is 29.7 Å². The molecule has 0 aliphatic heterocycles. The number of aromatic nitrogens is 2. The molecule has 4 nitrogen and oxygen atoms in total. The first kappa shape index (κ1) is 13.0. The number of rotatable bonds is 5. The van der Waals surface area contributed by atoms with Crippen molar-refractivity contribution in [2.75, 3.05) is 12.3 Å². The van der Waals surface area contributed by atoms with Crippen LogP contribution in [0.1, 0.15) is 12.5 Å². The zero-order chi connectivity index (χ0) is 13.9. The minimum Gasteiger partial charge on any atom is -0.492 e. The highest BCUT2D eigenvalue weighted by Gasteiger charge is 2.12. The fourth-order valence-corrected chi connectivity index (χ4v) is 3.03. The number of benzene rings is 1. The van der Waals surface area contributed by atoms with Gasteiger partial charge in [0.1, 0.15) is 11.3 Å². The van der Waals surface area contributed by atoms with E-state index < -0.39 is 0 Å². The highest BCUT2D eigenvalue weighted by molar-refractivity contribution is 7.07. The fraction of sp³-hybridized carbons (Fsp3) is 0.267. The van der Waals surface area contributed by atoms with E-state index in [2.05, 4.69) is 26.4 Å². The molecule has 5 heteroatoms. The maximum absolute atomic E-state index is 6.06. The average Bonchev–Trinajstić information content (AvgIpc) is 3.05. The largest absolute Gasteiger partial charge is 0.492 e. The number of hydrogen-bond acceptors (Lipinski definition) is 4. The maximum atomic E-state index is 6.06. The Hall–Kier alpha value is -2.01. The Morgan fingerprint density at radius 3 is 3.00 bits per heavy atom. The van der Waals surface area contributed by atoms with Crippen LogP contribution in [-0.4, -0.2) is 16.2 Å². The predicted molar refractivity (Wildman–Crippen MR) is 83.3 cm³/mol. The first-order valence-electron chi connectivity index (χ1n) is 6.68. The lowest BCUT2D eigenvalue weighted by atomic mass is 10.2. The van der Waals surface area contributed by atoms with Gasteiger partial charge in [-0.1, -0.05) is 6.07 Å². The van der Waals surface area contributed by atoms with Gasteiger partial charge in [0.2, 0.25) is 5.95 Å². The highest BCUT2D eigenvalue weighted by atomic mass is 32.1. The summed E-state index contributed by atoms with van der Waals surface area (Å²) in [5.41, 5.74) is 9.26. The number of para-hydroxylation sites is 1. The van der Waals surface area contributed by atoms with Crippen LogP contribution in [-0.2, 0) is 13.0 Å². The highest BCUT2D eigenvalue weighted by Crippen LogP contribution is 2.27. The Labute approximate surface area is 121 Å². The van der Waals surface area contributed by atoms with E-state index in [1.807, 2.05) is 25.1 Å². The van der Waals surface area contributed by atoms with Crippen molar-refractivity contribution in [3.63, 3.8) is 0 Å². The summed E-state index contributed by atoms with van der Waals surface area (Å²) in [6, 6.07) is 8.09. The summed E-state index contributed by atoms with van der Waals surface area (Å²) in [6.07, 6.45) is 0.956. The van der Waals surface area contributed by atoms with Gasteiger partial charge in [-0.25, -0.2) is 4.98 Å². The van der Waals surface area contributed by atoms with Crippen molar-refractivity contribution in [3.8, 4) is 5.75 Å². The van der Waals surface area contributed by atoms with Crippen LogP contribution in [0.15, 0.2) is 35.0 Å². The van der Waals surface area contributed by atoms with E-state index in [4.69, 9.17) is 10.5 Å². The number of aryl methyl sites for hydroxylation is 2. The summed E-state index contributed by atoms with van der Waals surface area (Å²) < 4.78 is 7.66. The predicted octanol–water partition coefficient (Wildman–Crippen LogP) is 3.32. The van der Waals surface area contributed by atoms with Crippen LogP contribution in [0.4, 0.5) is 5.95 Å². The van der Waals surface area contributed by atoms with Crippen LogP contribution < -0.4 is 10.5 Å². The SMILES string of the molecule is CCOc1cccc2c1nc(N)n2CCc1ccsc1. The smallest absolute Gasteiger partial charge is 0.201 e. The number of ether oxygens (including phenoxy) is 1. The molecular formula is C15H17N3OS. The number of imidazole rings is 1. The second kappa shape index (κ2) is 5.54. The molecule has 2 aromatic heterocycles. The molecule has 20 heavy (non-hydrogen) atoms. The fourth-order valence-electron chi connectivity index (χ4n) is 2.32. The van der Waals surface area contributed by atoms with Gasteiger partial charge < -0.3 is 15.0 Å². The number of hydrogen-bond donors (Lipinski definition) is 1. The van der Waals surface area contributed by atoms with Crippen LogP contribution in [0.5, 0.6) is 5.75 Å². The van der Waals surface area contributed by atoms with E-state index in [9.17, 15) is 0 Å². The molecular weight excluding hydrogens is 270 g/mol. The van der Waals surface area contributed by atoms with Crippen molar-refractivity contribution in [2.45, 2.75) is 19.9 Å². The third-order valence-electron chi connectivity index (χ3n) is 3.28. The first-order valence-corrected chi connectivity index (χ1v) is 7.62. The molecule has 1 aromatic carbocycles. The molecule has 104 valence electrons. The third kappa shape index (κ3) is 2.36. The lowest BCUT2D eigenvalue weighted by Crippen LogP contribution is -2.05. The molecule has 3 rings (SSSR count). The molecule has 0 amide bonds. The molecule has 0 bridgehead atoms. The van der Waals surface area contributed by atoms with Crippen molar-refractivity contribution in [1.29, 1.82) is 0 Å². The number of nitrogen functional groups attached to an aromatic ring is 1. The van der Waals surface area contributed by atoms with Gasteiger partial charge in [-0.3, -0.25) is 0 Å². The van der Waals surface area contributed by atoms with Crippen LogP contribution in [0, 0.1) is 0 Å². The summed E-state index contributed by atoms with van der Waals surface area (Å²) in [6.45, 7) is 3.42. The second-order valence-electron chi connectivity index (χ2n) is 4.56. The molecule has 0 radical (unpaired) electrons. The van der Waals surface area contributed by atoms with Gasteiger partial charge >= 0.3 is 0 Å². The summed E-state index contributed by atoms with van der Waals surface area (Å²) in [7, 11) is 0. The molecule has 0 aliphatic carbocycles. The van der Waals surface area contributed by atoms with Gasteiger partial charge in [0.05, 0.1) is 12.1 Å². The first-order chi connectivity index (χ1) is 9.79. The van der Waals surface area contributed by atoms with Gasteiger partial charge in [-0.05, 0) is 47.9 Å². The average molecular weight is 287 g/mol. The molecule has 0 atom stereocenters. The van der Waals surface area contributed by atoms with E-state index in [-0.39, 0.29) is 0 Å². The minimum atomic E-state index is 0.544. The van der Waals surface area contributed by atoms with Crippen LogP contribution in [0.25, 0.3) is 11.0 Å². The minimum absolute atomic E-state index is 0.544. The Morgan fingerprint density at radius 1 is 1.35 bits per heavy atom. The van der Waals surface area contributed by atoms with Gasteiger partial charge in [0.15, 0.2) is 0 Å². The van der Waals surface area contributed by atoms with Crippen molar-refractivity contribution < 1.29 is 4.74 Å². The summed E-state index contributed by atoms with van der Waals surface area (Å²) in [4.78, 5) is 4.45. The number of anilines is 1. The van der Waals surface area contributed by atoms with Crippen LogP contribution >= 0.6 is 11.3 Å². The molecule has 0 saturated carbocycles. The standard InChI is InChI=1S/C15H17N3OS/c1-2-19-13-5-3-4-12-14(13)17-15(16)18(12)8-6-11-7-9-20-10-11/h3-5,7,9-10H,2,6,8H2,1H3,(H2,16,17). The van der Waals surface area contributed by atoms with Crippen molar-refractivity contribution >= 4 is 28.3 Å². The quantitative estimate of drug-likeness (QED) is 0.783. The number of thiophene rings is 1. The molecule has 2 N–H and O–H groups in total. The second-order valence-corrected chi connectivity index (χ2v) is 5.34. The third-order valence-corrected chi connectivity index (χ3v) is 4.01. The van der Waals surface area contributed by atoms with Crippen LogP contribution in [0.3, 0.4) is 0 Å². The molecule has 0 unspecified atom stereocenters. The number of nitrogens with zero attached hydrogens (tertiary/aromatic N) is 2. The van der Waals surface area contributed by atoms with Crippen molar-refractivity contribution in [3.05, 3.63) is 40.6 Å². The zero-order valence-electron chi connectivity index (χ0n) is 11.4. The van der Waals surface area contributed by atoms with E-state index in [1.54, 1.807) is 11.3 Å². The zero-order valence-corrected chi connectivity index (χ0v) is 12.2. The summed E-state index contributed by atoms with van der Waals surface area (Å²) in [5, 5.41) is 4.26. The Balaban J connectivity index is 1.94. The molecule has 0 spiro atoms. The lowest BCUT2D eigenvalue weighted by Gasteiger charge is -2.06. The Morgan fingerprint density at radius 2 is 2.25 bits per heavy atom. The van der Waals surface area contributed by atoms with Crippen LogP contribution in [0.2, 0.25) is 0 Å². The van der Waals surface area contributed by atoms with Crippen molar-refractivity contribution in [1.82, 2.24) is 9.55 Å². The monoisotopic (exact) mass is 287 g/mol. The lowest BCUT2D eigenvalue weighted by molar-refractivity contribution is 0.343. The maximum Gasteiger partial charge on any atom is 0.201 e. The van der Waals surface area contributed by atoms with Crippen molar-refractivity contribution in [2.24, 2.45) is 0 Å². The normalized spacial score (nSPS) is 11.1. The molecule has 0 aliphatic rings. The van der Waals surface area contributed by atoms with E-state index in [1.165, 1.54) is 5.56 Å². The molecule has 0 saturated heterocycles. The molecule has 2 heterocycles. The van der Waals surface area contributed by atoms with E-state index in [0.29, 0.717) is 12.6 Å². The Bertz CT molecular complexity index is 703. The van der Waals surface area contributed by atoms with Gasteiger partial charge in [0.25, 0.3) is 0 Å². The number of nitrogens with two attached hydrogens (primary N) is 1.